The molecule has 1 aliphatic rings. The van der Waals surface area contributed by atoms with Crippen LogP contribution in [0.25, 0.3) is 0 Å². The van der Waals surface area contributed by atoms with Gasteiger partial charge in [-0.05, 0) is 24.6 Å². The molecule has 0 spiro atoms. The van der Waals surface area contributed by atoms with Gasteiger partial charge in [0.15, 0.2) is 0 Å². The number of methoxy groups -OCH3 is 1. The van der Waals surface area contributed by atoms with Gasteiger partial charge < -0.3 is 4.74 Å². The van der Waals surface area contributed by atoms with Gasteiger partial charge in [-0.25, -0.2) is 0 Å². The maximum Gasteiger partial charge on any atom is 0.336 e. The average Bonchev–Trinajstić information content (AvgIpc) is 2.54. The van der Waals surface area contributed by atoms with Gasteiger partial charge in [0.25, 0.3) is 0 Å². The highest BCUT2D eigenvalue weighted by Crippen LogP contribution is 2.28. The largest absolute Gasteiger partial charge is 0.497 e. The summed E-state index contributed by atoms with van der Waals surface area (Å²) in [6.45, 7) is 1.88. The zero-order valence-electron chi connectivity index (χ0n) is 9.06. The molecule has 0 aliphatic carbocycles. The molecule has 0 unspecified atom stereocenters. The van der Waals surface area contributed by atoms with E-state index in [1.54, 1.807) is 26.2 Å². The number of ether oxygens (including phenoxy) is 1. The van der Waals surface area contributed by atoms with E-state index in [0.29, 0.717) is 0 Å². The molecular formula is C10H13NO4S. The summed E-state index contributed by atoms with van der Waals surface area (Å²) in [6.07, 6.45) is 0. The van der Waals surface area contributed by atoms with Crippen molar-refractivity contribution in [3.63, 3.8) is 0 Å². The van der Waals surface area contributed by atoms with Crippen LogP contribution in [0.5, 0.6) is 5.75 Å². The van der Waals surface area contributed by atoms with Crippen LogP contribution in [0.1, 0.15) is 12.5 Å². The van der Waals surface area contributed by atoms with Crippen molar-refractivity contribution < 1.29 is 17.3 Å². The van der Waals surface area contributed by atoms with Gasteiger partial charge in [-0.2, -0.15) is 13.1 Å². The molecule has 16 heavy (non-hydrogen) atoms. The lowest BCUT2D eigenvalue weighted by atomic mass is 9.94. The molecule has 0 amide bonds. The van der Waals surface area contributed by atoms with Crippen molar-refractivity contribution >= 4 is 10.3 Å². The molecule has 2 rings (SSSR count). The van der Waals surface area contributed by atoms with Gasteiger partial charge in [0.2, 0.25) is 0 Å². The average molecular weight is 243 g/mol. The number of rotatable bonds is 2. The van der Waals surface area contributed by atoms with E-state index in [4.69, 9.17) is 8.92 Å². The highest BCUT2D eigenvalue weighted by Gasteiger charge is 2.40. The van der Waals surface area contributed by atoms with Gasteiger partial charge in [0.05, 0.1) is 19.3 Å². The van der Waals surface area contributed by atoms with E-state index >= 15 is 0 Å². The van der Waals surface area contributed by atoms with Crippen LogP contribution in [-0.2, 0) is 20.0 Å². The molecule has 6 heteroatoms. The molecule has 0 saturated carbocycles. The van der Waals surface area contributed by atoms with Crippen LogP contribution >= 0.6 is 0 Å². The Morgan fingerprint density at radius 3 is 2.44 bits per heavy atom. The fourth-order valence-electron chi connectivity index (χ4n) is 1.63. The summed E-state index contributed by atoms with van der Waals surface area (Å²) in [6, 6.07) is 7.20. The SMILES string of the molecule is COc1ccc([C@]2(C)COS(=O)(=O)N2)cc1. The van der Waals surface area contributed by atoms with Gasteiger partial charge in [0, 0.05) is 0 Å². The van der Waals surface area contributed by atoms with Gasteiger partial charge in [-0.3, -0.25) is 4.18 Å². The molecular weight excluding hydrogens is 230 g/mol. The molecule has 1 aromatic rings. The third kappa shape index (κ3) is 2.04. The summed E-state index contributed by atoms with van der Waals surface area (Å²) in [5.74, 6) is 0.731. The first-order valence-electron chi connectivity index (χ1n) is 4.78. The quantitative estimate of drug-likeness (QED) is 0.833. The lowest BCUT2D eigenvalue weighted by Crippen LogP contribution is -2.37. The lowest BCUT2D eigenvalue weighted by molar-refractivity contribution is 0.286. The van der Waals surface area contributed by atoms with Gasteiger partial charge in [-0.1, -0.05) is 12.1 Å². The lowest BCUT2D eigenvalue weighted by Gasteiger charge is -2.21. The Balaban J connectivity index is 2.30. The van der Waals surface area contributed by atoms with Crippen LogP contribution in [0, 0.1) is 0 Å². The van der Waals surface area contributed by atoms with Crippen molar-refractivity contribution in [2.75, 3.05) is 13.7 Å². The molecule has 0 bridgehead atoms. The van der Waals surface area contributed by atoms with Crippen LogP contribution in [0.3, 0.4) is 0 Å². The second-order valence-corrected chi connectivity index (χ2v) is 5.23. The smallest absolute Gasteiger partial charge is 0.336 e. The monoisotopic (exact) mass is 243 g/mol. The van der Waals surface area contributed by atoms with Gasteiger partial charge in [0.1, 0.15) is 5.75 Å². The molecule has 1 atom stereocenters. The molecule has 1 heterocycles. The highest BCUT2D eigenvalue weighted by atomic mass is 32.2. The number of nitrogens with one attached hydrogen (secondary N) is 1. The van der Waals surface area contributed by atoms with Gasteiger partial charge >= 0.3 is 10.3 Å². The normalized spacial score (nSPS) is 27.9. The molecule has 1 N–H and O–H groups in total. The first kappa shape index (κ1) is 11.4. The standard InChI is InChI=1S/C10H13NO4S/c1-10(7-15-16(12,13)11-10)8-3-5-9(14-2)6-4-8/h3-6,11H,7H2,1-2H3/t10-/m0/s1. The Labute approximate surface area is 94.6 Å². The zero-order valence-corrected chi connectivity index (χ0v) is 9.87. The molecule has 5 nitrogen and oxygen atoms in total. The minimum absolute atomic E-state index is 0.0989. The molecule has 0 radical (unpaired) electrons. The first-order chi connectivity index (χ1) is 7.45. The Kier molecular flexibility index (Phi) is 2.65. The molecule has 1 saturated heterocycles. The van der Waals surface area contributed by atoms with E-state index in [-0.39, 0.29) is 6.61 Å². The van der Waals surface area contributed by atoms with Crippen molar-refractivity contribution in [1.82, 2.24) is 4.72 Å². The second-order valence-electron chi connectivity index (χ2n) is 3.88. The van der Waals surface area contributed by atoms with E-state index in [1.807, 2.05) is 12.1 Å². The number of hydrogen-bond acceptors (Lipinski definition) is 4. The molecule has 1 aliphatic heterocycles. The molecule has 88 valence electrons. The number of hydrogen-bond donors (Lipinski definition) is 1. The Morgan fingerprint density at radius 2 is 2.00 bits per heavy atom. The minimum atomic E-state index is -3.60. The maximum atomic E-state index is 11.2. The minimum Gasteiger partial charge on any atom is -0.497 e. The summed E-state index contributed by atoms with van der Waals surface area (Å²) in [5.41, 5.74) is 0.139. The first-order valence-corrected chi connectivity index (χ1v) is 6.19. The summed E-state index contributed by atoms with van der Waals surface area (Å²) in [7, 11) is -2.02. The van der Waals surface area contributed by atoms with E-state index in [1.165, 1.54) is 0 Å². The Morgan fingerprint density at radius 1 is 1.38 bits per heavy atom. The fraction of sp³-hybridized carbons (Fsp3) is 0.400. The Bertz CT molecular complexity index is 482. The van der Waals surface area contributed by atoms with E-state index < -0.39 is 15.8 Å². The predicted molar refractivity (Wildman–Crippen MR) is 58.4 cm³/mol. The highest BCUT2D eigenvalue weighted by molar-refractivity contribution is 7.85. The maximum absolute atomic E-state index is 11.2. The third-order valence-electron chi connectivity index (χ3n) is 2.58. The molecule has 1 fully saturated rings. The van der Waals surface area contributed by atoms with Crippen LogP contribution in [0.2, 0.25) is 0 Å². The van der Waals surface area contributed by atoms with E-state index in [0.717, 1.165) is 11.3 Å². The summed E-state index contributed by atoms with van der Waals surface area (Å²) >= 11 is 0. The third-order valence-corrected chi connectivity index (χ3v) is 3.71. The van der Waals surface area contributed by atoms with Crippen molar-refractivity contribution in [2.45, 2.75) is 12.5 Å². The van der Waals surface area contributed by atoms with Crippen molar-refractivity contribution in [3.05, 3.63) is 29.8 Å². The summed E-state index contributed by atoms with van der Waals surface area (Å²) in [4.78, 5) is 0. The summed E-state index contributed by atoms with van der Waals surface area (Å²) in [5, 5.41) is 0. The second kappa shape index (κ2) is 3.73. The van der Waals surface area contributed by atoms with Crippen molar-refractivity contribution in [3.8, 4) is 5.75 Å². The van der Waals surface area contributed by atoms with Crippen LogP contribution in [0.15, 0.2) is 24.3 Å². The van der Waals surface area contributed by atoms with Crippen LogP contribution in [0.4, 0.5) is 0 Å². The van der Waals surface area contributed by atoms with Crippen molar-refractivity contribution in [1.29, 1.82) is 0 Å². The van der Waals surface area contributed by atoms with Crippen LogP contribution < -0.4 is 9.46 Å². The van der Waals surface area contributed by atoms with Gasteiger partial charge in [-0.15, -0.1) is 0 Å². The van der Waals surface area contributed by atoms with Crippen molar-refractivity contribution in [2.24, 2.45) is 0 Å². The predicted octanol–water partition coefficient (Wildman–Crippen LogP) is 0.775. The number of benzene rings is 1. The molecule has 0 aromatic heterocycles. The Hall–Kier alpha value is -1.11. The summed E-state index contributed by atoms with van der Waals surface area (Å²) < 4.78 is 34.6. The topological polar surface area (TPSA) is 64.6 Å². The molecule has 1 aromatic carbocycles. The van der Waals surface area contributed by atoms with Crippen LogP contribution in [-0.4, -0.2) is 22.1 Å². The zero-order chi connectivity index (χ0) is 11.8. The fourth-order valence-corrected chi connectivity index (χ4v) is 2.81. The van der Waals surface area contributed by atoms with E-state index in [9.17, 15) is 8.42 Å². The van der Waals surface area contributed by atoms with E-state index in [2.05, 4.69) is 4.72 Å².